The quantitative estimate of drug-likeness (QED) is 0.227. The molecule has 0 fully saturated rings. The first-order valence-electron chi connectivity index (χ1n) is 7.14. The predicted octanol–water partition coefficient (Wildman–Crippen LogP) is 5.20. The summed E-state index contributed by atoms with van der Waals surface area (Å²) in [7, 11) is -1.13. The van der Waals surface area contributed by atoms with E-state index in [1.807, 2.05) is 0 Å². The van der Waals surface area contributed by atoms with Crippen LogP contribution in [0.15, 0.2) is 11.6 Å². The van der Waals surface area contributed by atoms with E-state index < -0.39 is 8.07 Å². The van der Waals surface area contributed by atoms with Gasteiger partial charge < -0.3 is 0 Å². The lowest BCUT2D eigenvalue weighted by molar-refractivity contribution is -0.104. The van der Waals surface area contributed by atoms with Crippen LogP contribution in [0.5, 0.6) is 0 Å². The molecule has 0 saturated carbocycles. The van der Waals surface area contributed by atoms with E-state index in [-0.39, 0.29) is 0 Å². The molecule has 0 aromatic rings. The molecule has 0 heterocycles. The van der Waals surface area contributed by atoms with Gasteiger partial charge in [-0.3, -0.25) is 4.79 Å². The summed E-state index contributed by atoms with van der Waals surface area (Å²) >= 11 is 0. The highest BCUT2D eigenvalue weighted by Crippen LogP contribution is 2.16. The molecule has 1 nitrogen and oxygen atoms in total. The normalized spacial score (nSPS) is 12.8. The van der Waals surface area contributed by atoms with Crippen LogP contribution in [0.3, 0.4) is 0 Å². The van der Waals surface area contributed by atoms with Gasteiger partial charge >= 0.3 is 0 Å². The molecule has 0 aliphatic rings. The average Bonchev–Trinajstić information content (AvgIpc) is 2.24. The maximum Gasteiger partial charge on any atom is 0.145 e. The van der Waals surface area contributed by atoms with Gasteiger partial charge in [-0.25, -0.2) is 0 Å². The second kappa shape index (κ2) is 9.64. The minimum atomic E-state index is -1.13. The maximum absolute atomic E-state index is 10.9. The fraction of sp³-hybridized carbons (Fsp3) is 0.800. The molecule has 100 valence electrons. The molecule has 0 saturated heterocycles. The summed E-state index contributed by atoms with van der Waals surface area (Å²) in [5, 5.41) is 0. The zero-order valence-corrected chi connectivity index (χ0v) is 13.2. The molecule has 0 rings (SSSR count). The number of hydrogen-bond donors (Lipinski definition) is 0. The van der Waals surface area contributed by atoms with Crippen molar-refractivity contribution in [2.45, 2.75) is 77.6 Å². The number of aldehydes is 1. The van der Waals surface area contributed by atoms with Crippen molar-refractivity contribution < 1.29 is 4.79 Å². The molecule has 0 unspecified atom stereocenters. The van der Waals surface area contributed by atoms with E-state index in [2.05, 4.69) is 32.6 Å². The van der Waals surface area contributed by atoms with Gasteiger partial charge in [0.25, 0.3) is 0 Å². The van der Waals surface area contributed by atoms with Gasteiger partial charge in [-0.1, -0.05) is 64.7 Å². The van der Waals surface area contributed by atoms with Crippen molar-refractivity contribution in [2.24, 2.45) is 0 Å². The molecule has 0 aromatic heterocycles. The Balaban J connectivity index is 3.69. The minimum absolute atomic E-state index is 1.03. The zero-order valence-electron chi connectivity index (χ0n) is 12.2. The van der Waals surface area contributed by atoms with Gasteiger partial charge in [0.05, 0.1) is 0 Å². The second-order valence-electron chi connectivity index (χ2n) is 6.19. The lowest BCUT2D eigenvalue weighted by atomic mass is 10.1. The molecule has 0 radical (unpaired) electrons. The first kappa shape index (κ1) is 16.6. The van der Waals surface area contributed by atoms with Crippen LogP contribution in [0.2, 0.25) is 25.7 Å². The van der Waals surface area contributed by atoms with Crippen LogP contribution in [0.1, 0.15) is 51.9 Å². The largest absolute Gasteiger partial charge is 0.298 e. The van der Waals surface area contributed by atoms with Gasteiger partial charge in [0.2, 0.25) is 0 Å². The molecule has 0 aliphatic carbocycles. The number of allylic oxidation sites excluding steroid dienone is 2. The van der Waals surface area contributed by atoms with Crippen molar-refractivity contribution in [3.63, 3.8) is 0 Å². The van der Waals surface area contributed by atoms with Crippen molar-refractivity contribution in [3.8, 4) is 0 Å². The first-order valence-corrected chi connectivity index (χ1v) is 10.8. The monoisotopic (exact) mass is 254 g/mol. The second-order valence-corrected chi connectivity index (χ2v) is 11.7. The summed E-state index contributed by atoms with van der Waals surface area (Å²) in [6.07, 6.45) is 12.3. The molecule has 0 spiro atoms. The van der Waals surface area contributed by atoms with E-state index in [0.717, 1.165) is 24.3 Å². The molecular weight excluding hydrogens is 224 g/mol. The predicted molar refractivity (Wildman–Crippen MR) is 80.3 cm³/mol. The fourth-order valence-electron chi connectivity index (χ4n) is 1.99. The smallest absolute Gasteiger partial charge is 0.145 e. The molecular formula is C15H30OSi. The minimum Gasteiger partial charge on any atom is -0.298 e. The average molecular weight is 254 g/mol. The van der Waals surface area contributed by atoms with E-state index in [0.29, 0.717) is 0 Å². The van der Waals surface area contributed by atoms with Crippen molar-refractivity contribution >= 4 is 14.4 Å². The third-order valence-electron chi connectivity index (χ3n) is 2.85. The highest BCUT2D eigenvalue weighted by molar-refractivity contribution is 6.76. The third kappa shape index (κ3) is 11.9. The Morgan fingerprint density at radius 1 is 1.00 bits per heavy atom. The van der Waals surface area contributed by atoms with Gasteiger partial charge in [-0.15, -0.1) is 0 Å². The number of hydrogen-bond acceptors (Lipinski definition) is 1. The lowest BCUT2D eigenvalue weighted by Crippen LogP contribution is -2.20. The summed E-state index contributed by atoms with van der Waals surface area (Å²) in [6.45, 7) is 9.19. The molecule has 0 amide bonds. The number of rotatable bonds is 10. The Morgan fingerprint density at radius 3 is 2.12 bits per heavy atom. The molecule has 0 aliphatic heterocycles. The van der Waals surface area contributed by atoms with Crippen LogP contribution in [0.4, 0.5) is 0 Å². The van der Waals surface area contributed by atoms with E-state index in [9.17, 15) is 4.79 Å². The molecule has 0 atom stereocenters. The Bertz CT molecular complexity index is 226. The Labute approximate surface area is 109 Å². The number of carbonyl (C=O) groups is 1. The van der Waals surface area contributed by atoms with Crippen molar-refractivity contribution in [2.75, 3.05) is 0 Å². The molecule has 17 heavy (non-hydrogen) atoms. The maximum atomic E-state index is 10.9. The Morgan fingerprint density at radius 2 is 1.59 bits per heavy atom. The molecule has 0 bridgehead atoms. The summed E-state index contributed by atoms with van der Waals surface area (Å²) in [4.78, 5) is 10.9. The summed E-state index contributed by atoms with van der Waals surface area (Å²) < 4.78 is 0. The number of carbonyl (C=O) groups excluding carboxylic acids is 1. The molecule has 0 N–H and O–H groups in total. The summed E-state index contributed by atoms with van der Waals surface area (Å²) in [5.74, 6) is 0. The van der Waals surface area contributed by atoms with Gasteiger partial charge in [0.15, 0.2) is 0 Å². The van der Waals surface area contributed by atoms with Crippen LogP contribution in [0.25, 0.3) is 0 Å². The van der Waals surface area contributed by atoms with Crippen molar-refractivity contribution in [1.82, 2.24) is 0 Å². The third-order valence-corrected chi connectivity index (χ3v) is 4.32. The lowest BCUT2D eigenvalue weighted by Gasteiger charge is -2.15. The molecule has 2 heteroatoms. The summed E-state index contributed by atoms with van der Waals surface area (Å²) in [6, 6.07) is 1.03. The van der Waals surface area contributed by atoms with E-state index in [4.69, 9.17) is 0 Å². The van der Waals surface area contributed by atoms with Crippen LogP contribution in [-0.4, -0.2) is 14.4 Å². The van der Waals surface area contributed by atoms with Gasteiger partial charge in [-0.05, 0) is 24.5 Å². The SMILES string of the molecule is CCCCCCCC/C=C(\C=O)C[Si](C)(C)C. The van der Waals surface area contributed by atoms with Crippen LogP contribution < -0.4 is 0 Å². The van der Waals surface area contributed by atoms with Gasteiger partial charge in [0, 0.05) is 8.07 Å². The highest BCUT2D eigenvalue weighted by Gasteiger charge is 2.14. The molecule has 0 aromatic carbocycles. The van der Waals surface area contributed by atoms with Gasteiger partial charge in [0.1, 0.15) is 6.29 Å². The van der Waals surface area contributed by atoms with Crippen LogP contribution in [0, 0.1) is 0 Å². The fourth-order valence-corrected chi connectivity index (χ4v) is 3.44. The standard InChI is InChI=1S/C15H30OSi/c1-5-6-7-8-9-10-11-12-15(13-16)14-17(2,3)4/h12-13H,5-11,14H2,1-4H3/b15-12+. The summed E-state index contributed by atoms with van der Waals surface area (Å²) in [5.41, 5.74) is 1.04. The van der Waals surface area contributed by atoms with Crippen LogP contribution in [-0.2, 0) is 4.79 Å². The number of unbranched alkanes of at least 4 members (excludes halogenated alkanes) is 6. The highest BCUT2D eigenvalue weighted by atomic mass is 28.3. The van der Waals surface area contributed by atoms with E-state index in [1.165, 1.54) is 38.5 Å². The Hall–Kier alpha value is -0.373. The zero-order chi connectivity index (χ0) is 13.1. The Kier molecular flexibility index (Phi) is 9.42. The van der Waals surface area contributed by atoms with E-state index >= 15 is 0 Å². The van der Waals surface area contributed by atoms with Gasteiger partial charge in [-0.2, -0.15) is 0 Å². The van der Waals surface area contributed by atoms with Crippen molar-refractivity contribution in [1.29, 1.82) is 0 Å². The topological polar surface area (TPSA) is 17.1 Å². The van der Waals surface area contributed by atoms with E-state index in [1.54, 1.807) is 0 Å². The first-order chi connectivity index (χ1) is 7.99. The van der Waals surface area contributed by atoms with Crippen molar-refractivity contribution in [3.05, 3.63) is 11.6 Å². The van der Waals surface area contributed by atoms with Crippen LogP contribution >= 0.6 is 0 Å².